The first-order valence-electron chi connectivity index (χ1n) is 11.6. The molecule has 3 aromatic rings. The number of aliphatic hydroxyl groups excluding tert-OH is 1. The number of esters is 1. The van der Waals surface area contributed by atoms with Gasteiger partial charge >= 0.3 is 5.97 Å². The summed E-state index contributed by atoms with van der Waals surface area (Å²) in [5, 5.41) is 22.5. The van der Waals surface area contributed by atoms with Gasteiger partial charge in [-0.25, -0.2) is 4.68 Å². The number of hydrogen-bond donors (Lipinski definition) is 2. The van der Waals surface area contributed by atoms with Gasteiger partial charge in [0.2, 0.25) is 0 Å². The highest BCUT2D eigenvalue weighted by atomic mass is 16.5. The number of aliphatic hydroxyl groups is 1. The summed E-state index contributed by atoms with van der Waals surface area (Å²) >= 11 is 0. The van der Waals surface area contributed by atoms with E-state index in [1.807, 2.05) is 39.8 Å². The smallest absolute Gasteiger partial charge is 0.327 e. The summed E-state index contributed by atoms with van der Waals surface area (Å²) in [5.74, 6) is 0.164. The van der Waals surface area contributed by atoms with Gasteiger partial charge in [-0.1, -0.05) is 25.5 Å². The van der Waals surface area contributed by atoms with Crippen molar-refractivity contribution in [3.63, 3.8) is 0 Å². The molecular formula is C24H34N6O4. The molecule has 3 rings (SSSR count). The number of fused-ring (bicyclic) bond motifs is 1. The summed E-state index contributed by atoms with van der Waals surface area (Å²) in [6, 6.07) is 5.74. The maximum atomic E-state index is 13.0. The molecule has 1 atom stereocenters. The third-order valence-corrected chi connectivity index (χ3v) is 5.78. The number of aromatic nitrogens is 5. The van der Waals surface area contributed by atoms with E-state index in [4.69, 9.17) is 4.74 Å². The highest BCUT2D eigenvalue weighted by molar-refractivity contribution is 5.82. The first kappa shape index (κ1) is 25.5. The van der Waals surface area contributed by atoms with Gasteiger partial charge in [-0.15, -0.1) is 5.10 Å². The topological polar surface area (TPSA) is 126 Å². The second-order valence-corrected chi connectivity index (χ2v) is 8.91. The van der Waals surface area contributed by atoms with E-state index in [1.165, 1.54) is 4.68 Å². The lowest BCUT2D eigenvalue weighted by molar-refractivity contribution is -0.144. The Kier molecular flexibility index (Phi) is 8.51. The number of hydrogen-bond acceptors (Lipinski definition) is 8. The molecule has 0 spiro atoms. The van der Waals surface area contributed by atoms with Crippen LogP contribution in [0.25, 0.3) is 10.9 Å². The van der Waals surface area contributed by atoms with E-state index in [9.17, 15) is 14.7 Å². The van der Waals surface area contributed by atoms with E-state index in [1.54, 1.807) is 6.92 Å². The Morgan fingerprint density at radius 1 is 1.26 bits per heavy atom. The zero-order valence-electron chi connectivity index (χ0n) is 20.5. The van der Waals surface area contributed by atoms with Crippen molar-refractivity contribution < 1.29 is 14.6 Å². The summed E-state index contributed by atoms with van der Waals surface area (Å²) in [6.45, 7) is 10.9. The van der Waals surface area contributed by atoms with E-state index in [0.717, 1.165) is 22.0 Å². The van der Waals surface area contributed by atoms with Crippen molar-refractivity contribution in [2.75, 3.05) is 19.8 Å². The van der Waals surface area contributed by atoms with E-state index in [2.05, 4.69) is 31.5 Å². The Morgan fingerprint density at radius 3 is 2.71 bits per heavy atom. The number of tetrazole rings is 1. The first-order valence-corrected chi connectivity index (χ1v) is 11.6. The van der Waals surface area contributed by atoms with Crippen LogP contribution in [0.5, 0.6) is 0 Å². The van der Waals surface area contributed by atoms with Crippen LogP contribution in [-0.4, -0.2) is 60.9 Å². The number of aryl methyl sites for hydroxylation is 2. The zero-order chi connectivity index (χ0) is 24.8. The average molecular weight is 471 g/mol. The predicted molar refractivity (Wildman–Crippen MR) is 128 cm³/mol. The van der Waals surface area contributed by atoms with Gasteiger partial charge in [0.1, 0.15) is 6.54 Å². The number of carbonyl (C=O) groups is 1. The van der Waals surface area contributed by atoms with Crippen LogP contribution in [-0.2, 0) is 22.6 Å². The van der Waals surface area contributed by atoms with Crippen LogP contribution in [0, 0.1) is 19.8 Å². The second kappa shape index (κ2) is 11.3. The van der Waals surface area contributed by atoms with Crippen molar-refractivity contribution in [1.82, 2.24) is 30.1 Å². The zero-order valence-corrected chi connectivity index (χ0v) is 20.5. The van der Waals surface area contributed by atoms with E-state index < -0.39 is 5.97 Å². The Balaban J connectivity index is 2.00. The molecule has 1 aromatic carbocycles. The molecule has 0 fully saturated rings. The van der Waals surface area contributed by atoms with Gasteiger partial charge in [-0.05, 0) is 66.6 Å². The number of benzene rings is 1. The molecule has 0 aliphatic heterocycles. The lowest BCUT2D eigenvalue weighted by atomic mass is 9.99. The number of nitrogens with one attached hydrogen (secondary N) is 1. The van der Waals surface area contributed by atoms with E-state index in [0.29, 0.717) is 30.9 Å². The second-order valence-electron chi connectivity index (χ2n) is 8.91. The molecule has 1 unspecified atom stereocenters. The molecule has 2 aromatic heterocycles. The number of pyridine rings is 1. The molecule has 0 amide bonds. The van der Waals surface area contributed by atoms with Gasteiger partial charge in [-0.2, -0.15) is 0 Å². The van der Waals surface area contributed by atoms with Crippen molar-refractivity contribution in [3.8, 4) is 0 Å². The Bertz CT molecular complexity index is 1190. The fourth-order valence-corrected chi connectivity index (χ4v) is 4.41. The van der Waals surface area contributed by atoms with E-state index in [-0.39, 0.29) is 37.3 Å². The molecule has 0 saturated carbocycles. The molecule has 34 heavy (non-hydrogen) atoms. The highest BCUT2D eigenvalue weighted by Gasteiger charge is 2.30. The quantitative estimate of drug-likeness (QED) is 0.409. The number of ether oxygens (including phenoxy) is 1. The molecule has 0 radical (unpaired) electrons. The number of nitrogens with zero attached hydrogens (tertiary/aromatic N) is 5. The number of aromatic amines is 1. The minimum absolute atomic E-state index is 0.0154. The van der Waals surface area contributed by atoms with Crippen molar-refractivity contribution in [3.05, 3.63) is 51.1 Å². The van der Waals surface area contributed by atoms with Crippen molar-refractivity contribution in [2.24, 2.45) is 5.92 Å². The Hall–Kier alpha value is -3.11. The van der Waals surface area contributed by atoms with Crippen LogP contribution in [0.3, 0.4) is 0 Å². The number of H-pyrrole nitrogens is 1. The van der Waals surface area contributed by atoms with Gasteiger partial charge in [0.25, 0.3) is 5.56 Å². The molecule has 2 N–H and O–H groups in total. The van der Waals surface area contributed by atoms with E-state index >= 15 is 0 Å². The summed E-state index contributed by atoms with van der Waals surface area (Å²) in [7, 11) is 0. The maximum absolute atomic E-state index is 13.0. The van der Waals surface area contributed by atoms with Gasteiger partial charge < -0.3 is 14.8 Å². The summed E-state index contributed by atoms with van der Waals surface area (Å²) in [4.78, 5) is 30.2. The van der Waals surface area contributed by atoms with Crippen LogP contribution in [0.15, 0.2) is 23.0 Å². The van der Waals surface area contributed by atoms with Crippen LogP contribution in [0.2, 0.25) is 0 Å². The minimum atomic E-state index is -0.419. The van der Waals surface area contributed by atoms with Crippen molar-refractivity contribution >= 4 is 16.9 Å². The van der Waals surface area contributed by atoms with Gasteiger partial charge in [0, 0.05) is 25.3 Å². The normalized spacial score (nSPS) is 12.6. The number of carbonyl (C=O) groups excluding carboxylic acids is 1. The van der Waals surface area contributed by atoms with Crippen LogP contribution >= 0.6 is 0 Å². The minimum Gasteiger partial charge on any atom is -0.465 e. The first-order chi connectivity index (χ1) is 16.2. The highest BCUT2D eigenvalue weighted by Crippen LogP contribution is 2.29. The molecular weight excluding hydrogens is 436 g/mol. The van der Waals surface area contributed by atoms with Crippen molar-refractivity contribution in [1.29, 1.82) is 0 Å². The predicted octanol–water partition coefficient (Wildman–Crippen LogP) is 2.28. The summed E-state index contributed by atoms with van der Waals surface area (Å²) < 4.78 is 6.51. The van der Waals surface area contributed by atoms with Crippen LogP contribution < -0.4 is 5.56 Å². The molecule has 184 valence electrons. The fraction of sp³-hybridized carbons (Fsp3) is 0.542. The van der Waals surface area contributed by atoms with Gasteiger partial charge in [-0.3, -0.25) is 14.5 Å². The maximum Gasteiger partial charge on any atom is 0.327 e. The SMILES string of the molecule is CCOC(=O)Cn1nnnc1C(C(C)C)N(CCCO)Cc1cc2cc(C)cc(C)c2[nH]c1=O. The lowest BCUT2D eigenvalue weighted by Crippen LogP contribution is -2.37. The molecule has 0 saturated heterocycles. The monoisotopic (exact) mass is 470 g/mol. The van der Waals surface area contributed by atoms with Gasteiger partial charge in [0.05, 0.1) is 18.2 Å². The largest absolute Gasteiger partial charge is 0.465 e. The van der Waals surface area contributed by atoms with Crippen LogP contribution in [0.1, 0.15) is 55.7 Å². The summed E-state index contributed by atoms with van der Waals surface area (Å²) in [6.07, 6.45) is 0.520. The molecule has 0 bridgehead atoms. The molecule has 10 nitrogen and oxygen atoms in total. The Labute approximate surface area is 198 Å². The molecule has 10 heteroatoms. The van der Waals surface area contributed by atoms with Crippen LogP contribution in [0.4, 0.5) is 0 Å². The number of rotatable bonds is 11. The summed E-state index contributed by atoms with van der Waals surface area (Å²) in [5.41, 5.74) is 3.44. The molecule has 0 aliphatic rings. The Morgan fingerprint density at radius 2 is 2.03 bits per heavy atom. The third-order valence-electron chi connectivity index (χ3n) is 5.78. The molecule has 2 heterocycles. The average Bonchev–Trinajstić information content (AvgIpc) is 3.20. The van der Waals surface area contributed by atoms with Crippen molar-refractivity contribution in [2.45, 2.75) is 60.2 Å². The standard InChI is InChI=1S/C24H34N6O4/c1-6-34-20(32)14-30-23(26-27-28-30)22(15(2)3)29(8-7-9-31)13-19-12-18-11-16(4)10-17(5)21(18)25-24(19)33/h10-12,15,22,31H,6-9,13-14H2,1-5H3,(H,25,33). The lowest BCUT2D eigenvalue weighted by Gasteiger charge is -2.33. The fourth-order valence-electron chi connectivity index (χ4n) is 4.41. The third kappa shape index (κ3) is 5.87. The molecule has 0 aliphatic carbocycles. The van der Waals surface area contributed by atoms with Gasteiger partial charge in [0.15, 0.2) is 5.82 Å².